The molecule has 2 heterocycles. The van der Waals surface area contributed by atoms with Gasteiger partial charge in [-0.3, -0.25) is 9.69 Å². The monoisotopic (exact) mass is 472 g/mol. The molecule has 1 N–H and O–H groups in total. The Morgan fingerprint density at radius 2 is 1.91 bits per heavy atom. The molecular formula is C22H24F4N2O3S. The van der Waals surface area contributed by atoms with Crippen LogP contribution in [0.25, 0.3) is 6.08 Å². The molecule has 0 atom stereocenters. The highest BCUT2D eigenvalue weighted by Gasteiger charge is 2.20. The zero-order chi connectivity index (χ0) is 22.9. The van der Waals surface area contributed by atoms with E-state index >= 15 is 0 Å². The van der Waals surface area contributed by atoms with Crippen molar-refractivity contribution in [2.24, 2.45) is 5.92 Å². The van der Waals surface area contributed by atoms with Crippen LogP contribution in [0.1, 0.15) is 23.3 Å². The predicted molar refractivity (Wildman–Crippen MR) is 114 cm³/mol. The topological polar surface area (TPSA) is 50.8 Å². The molecule has 1 amide bonds. The number of rotatable bonds is 10. The van der Waals surface area contributed by atoms with Gasteiger partial charge in [0, 0.05) is 35.7 Å². The van der Waals surface area contributed by atoms with Crippen molar-refractivity contribution in [1.29, 1.82) is 0 Å². The molecule has 5 nitrogen and oxygen atoms in total. The maximum Gasteiger partial charge on any atom is 0.387 e. The molecule has 1 aliphatic heterocycles. The van der Waals surface area contributed by atoms with E-state index in [4.69, 9.17) is 0 Å². The van der Waals surface area contributed by atoms with Crippen molar-refractivity contribution in [1.82, 2.24) is 10.2 Å². The third-order valence-electron chi connectivity index (χ3n) is 5.07. The number of carbonyl (C=O) groups is 1. The molecule has 10 heteroatoms. The predicted octanol–water partition coefficient (Wildman–Crippen LogP) is 4.99. The van der Waals surface area contributed by atoms with E-state index in [2.05, 4.69) is 31.1 Å². The lowest BCUT2D eigenvalue weighted by atomic mass is 9.96. The van der Waals surface area contributed by atoms with Crippen molar-refractivity contribution in [3.05, 3.63) is 52.2 Å². The van der Waals surface area contributed by atoms with Crippen molar-refractivity contribution in [3.8, 4) is 11.5 Å². The molecule has 1 saturated heterocycles. The smallest absolute Gasteiger partial charge is 0.387 e. The molecule has 32 heavy (non-hydrogen) atoms. The van der Waals surface area contributed by atoms with E-state index in [0.717, 1.165) is 38.5 Å². The summed E-state index contributed by atoms with van der Waals surface area (Å²) < 4.78 is 58.5. The average Bonchev–Trinajstić information content (AvgIpc) is 3.25. The summed E-state index contributed by atoms with van der Waals surface area (Å²) in [6, 6.07) is 7.55. The molecule has 1 aromatic carbocycles. The van der Waals surface area contributed by atoms with E-state index in [-0.39, 0.29) is 23.0 Å². The van der Waals surface area contributed by atoms with Crippen LogP contribution in [0.5, 0.6) is 11.5 Å². The van der Waals surface area contributed by atoms with E-state index in [1.165, 1.54) is 29.2 Å². The highest BCUT2D eigenvalue weighted by molar-refractivity contribution is 7.09. The fourth-order valence-electron chi connectivity index (χ4n) is 3.47. The van der Waals surface area contributed by atoms with Crippen molar-refractivity contribution in [2.75, 3.05) is 19.6 Å². The van der Waals surface area contributed by atoms with Crippen molar-refractivity contribution in [3.63, 3.8) is 0 Å². The minimum Gasteiger partial charge on any atom is -0.435 e. The molecule has 0 aliphatic carbocycles. The van der Waals surface area contributed by atoms with E-state index in [0.29, 0.717) is 12.5 Å². The molecule has 0 spiro atoms. The van der Waals surface area contributed by atoms with Gasteiger partial charge in [-0.1, -0.05) is 6.07 Å². The number of carbonyl (C=O) groups excluding carboxylic acids is 1. The summed E-state index contributed by atoms with van der Waals surface area (Å²) in [5.41, 5.74) is 0.143. The number of amides is 1. The van der Waals surface area contributed by atoms with Crippen molar-refractivity contribution < 1.29 is 31.8 Å². The number of thiophene rings is 1. The lowest BCUT2D eigenvalue weighted by molar-refractivity contribution is -0.116. The van der Waals surface area contributed by atoms with Crippen LogP contribution in [0.3, 0.4) is 0 Å². The quantitative estimate of drug-likeness (QED) is 0.391. The summed E-state index contributed by atoms with van der Waals surface area (Å²) in [4.78, 5) is 15.9. The molecule has 0 radical (unpaired) electrons. The van der Waals surface area contributed by atoms with Gasteiger partial charge in [0.15, 0.2) is 0 Å². The summed E-state index contributed by atoms with van der Waals surface area (Å²) in [5.74, 6) is -0.680. The maximum atomic E-state index is 12.6. The largest absolute Gasteiger partial charge is 0.435 e. The second-order valence-electron chi connectivity index (χ2n) is 7.33. The van der Waals surface area contributed by atoms with Crippen LogP contribution in [0.4, 0.5) is 17.6 Å². The van der Waals surface area contributed by atoms with Gasteiger partial charge in [-0.15, -0.1) is 11.3 Å². The van der Waals surface area contributed by atoms with Gasteiger partial charge in [0.2, 0.25) is 5.91 Å². The number of halogens is 4. The molecule has 1 fully saturated rings. The van der Waals surface area contributed by atoms with Crippen LogP contribution in [-0.4, -0.2) is 43.7 Å². The van der Waals surface area contributed by atoms with Gasteiger partial charge in [0.05, 0.1) is 0 Å². The van der Waals surface area contributed by atoms with Crippen molar-refractivity contribution in [2.45, 2.75) is 32.6 Å². The van der Waals surface area contributed by atoms with Crippen LogP contribution in [0.2, 0.25) is 0 Å². The minimum absolute atomic E-state index is 0.143. The zero-order valence-electron chi connectivity index (χ0n) is 17.2. The lowest BCUT2D eigenvalue weighted by Crippen LogP contribution is -2.37. The number of benzene rings is 1. The zero-order valence-corrected chi connectivity index (χ0v) is 18.0. The maximum absolute atomic E-state index is 12.6. The molecule has 174 valence electrons. The second-order valence-corrected chi connectivity index (χ2v) is 8.37. The number of likely N-dealkylation sites (tertiary alicyclic amines) is 1. The first kappa shape index (κ1) is 24.1. The number of hydrogen-bond donors (Lipinski definition) is 1. The Hall–Kier alpha value is -2.59. The van der Waals surface area contributed by atoms with Gasteiger partial charge in [-0.05, 0) is 61.5 Å². The standard InChI is InChI=1S/C22H24F4N2O3S/c23-21(24)30-17-5-3-16(19(12-17)31-22(25)26)4-6-20(29)27-13-15-7-9-28(10-8-15)14-18-2-1-11-32-18/h1-6,11-12,15,21-22H,7-10,13-14H2,(H,27,29)/b6-4+. The van der Waals surface area contributed by atoms with Crippen LogP contribution in [-0.2, 0) is 11.3 Å². The van der Waals surface area contributed by atoms with Gasteiger partial charge in [-0.2, -0.15) is 17.6 Å². The second kappa shape index (κ2) is 11.9. The summed E-state index contributed by atoms with van der Waals surface area (Å²) in [6.45, 7) is -2.83. The van der Waals surface area contributed by atoms with Gasteiger partial charge in [0.25, 0.3) is 0 Å². The van der Waals surface area contributed by atoms with Gasteiger partial charge >= 0.3 is 13.2 Å². The number of piperidine rings is 1. The summed E-state index contributed by atoms with van der Waals surface area (Å²) in [5, 5.41) is 4.89. The molecule has 3 rings (SSSR count). The SMILES string of the molecule is O=C(/C=C/c1ccc(OC(F)F)cc1OC(F)F)NCC1CCN(Cc2cccs2)CC1. The first-order valence-corrected chi connectivity index (χ1v) is 11.0. The molecule has 1 aliphatic rings. The van der Waals surface area contributed by atoms with Gasteiger partial charge in [0.1, 0.15) is 11.5 Å². The third kappa shape index (κ3) is 7.83. The number of ether oxygens (including phenoxy) is 2. The van der Waals surface area contributed by atoms with Crippen LogP contribution >= 0.6 is 11.3 Å². The number of nitrogens with one attached hydrogen (secondary N) is 1. The Labute approximate surface area is 187 Å². The first-order valence-electron chi connectivity index (χ1n) is 10.1. The van der Waals surface area contributed by atoms with E-state index in [9.17, 15) is 22.4 Å². The number of nitrogens with zero attached hydrogens (tertiary/aromatic N) is 1. The average molecular weight is 473 g/mol. The Balaban J connectivity index is 1.47. The molecule has 0 unspecified atom stereocenters. The van der Waals surface area contributed by atoms with Gasteiger partial charge < -0.3 is 14.8 Å². The fraction of sp³-hybridized carbons (Fsp3) is 0.409. The molecule has 0 saturated carbocycles. The minimum atomic E-state index is -3.15. The van der Waals surface area contributed by atoms with Gasteiger partial charge in [-0.25, -0.2) is 0 Å². The van der Waals surface area contributed by atoms with Crippen LogP contribution in [0, 0.1) is 5.92 Å². The van der Waals surface area contributed by atoms with E-state index in [1.807, 2.05) is 6.07 Å². The summed E-state index contributed by atoms with van der Waals surface area (Å²) in [6.07, 6.45) is 4.46. The Morgan fingerprint density at radius 3 is 2.56 bits per heavy atom. The third-order valence-corrected chi connectivity index (χ3v) is 5.93. The Kier molecular flexibility index (Phi) is 8.92. The van der Waals surface area contributed by atoms with E-state index < -0.39 is 13.2 Å². The molecule has 1 aromatic heterocycles. The van der Waals surface area contributed by atoms with Crippen molar-refractivity contribution >= 4 is 23.3 Å². The highest BCUT2D eigenvalue weighted by Crippen LogP contribution is 2.28. The number of alkyl halides is 4. The highest BCUT2D eigenvalue weighted by atomic mass is 32.1. The first-order chi connectivity index (χ1) is 15.4. The van der Waals surface area contributed by atoms with E-state index in [1.54, 1.807) is 11.3 Å². The van der Waals surface area contributed by atoms with Crippen LogP contribution < -0.4 is 14.8 Å². The molecular weight excluding hydrogens is 448 g/mol. The molecule has 2 aromatic rings. The Morgan fingerprint density at radius 1 is 1.16 bits per heavy atom. The summed E-state index contributed by atoms with van der Waals surface area (Å²) in [7, 11) is 0. The normalized spacial score (nSPS) is 15.6. The fourth-order valence-corrected chi connectivity index (χ4v) is 4.21. The molecule has 0 bridgehead atoms. The Bertz CT molecular complexity index is 885. The lowest BCUT2D eigenvalue weighted by Gasteiger charge is -2.31. The van der Waals surface area contributed by atoms with Crippen LogP contribution in [0.15, 0.2) is 41.8 Å². The summed E-state index contributed by atoms with van der Waals surface area (Å²) >= 11 is 1.75. The number of hydrogen-bond acceptors (Lipinski definition) is 5.